The Morgan fingerprint density at radius 3 is 2.38 bits per heavy atom. The Bertz CT molecular complexity index is 1550. The van der Waals surface area contributed by atoms with Crippen LogP contribution in [0.3, 0.4) is 0 Å². The number of nitro benzene ring substituents is 1. The van der Waals surface area contributed by atoms with Gasteiger partial charge in [0.1, 0.15) is 5.69 Å². The van der Waals surface area contributed by atoms with Gasteiger partial charge in [-0.15, -0.1) is 10.2 Å². The molecular formula is C26H22N8O2S. The molecule has 184 valence electrons. The zero-order valence-corrected chi connectivity index (χ0v) is 20.9. The standard InChI is InChI=1S/C26H22N8O2S/c1-18(2)37-26-30-29-25(20-12-14-27-15-13-20)33(26)28-16-21-17-32(22-6-4-3-5-7-22)31-24(21)19-8-10-23(11-9-19)34(35)36/h3-18H,1-2H3/b28-16+. The number of thioether (sulfide) groups is 1. The third-order valence-electron chi connectivity index (χ3n) is 5.32. The van der Waals surface area contributed by atoms with Gasteiger partial charge in [-0.1, -0.05) is 43.8 Å². The highest BCUT2D eigenvalue weighted by atomic mass is 32.2. The van der Waals surface area contributed by atoms with E-state index in [2.05, 4.69) is 29.0 Å². The lowest BCUT2D eigenvalue weighted by Gasteiger charge is -2.06. The van der Waals surface area contributed by atoms with Crippen molar-refractivity contribution in [3.05, 3.63) is 101 Å². The van der Waals surface area contributed by atoms with Gasteiger partial charge in [-0.05, 0) is 36.4 Å². The van der Waals surface area contributed by atoms with Crippen LogP contribution in [0, 0.1) is 10.1 Å². The second-order valence-corrected chi connectivity index (χ2v) is 9.83. The maximum atomic E-state index is 11.1. The van der Waals surface area contributed by atoms with E-state index in [1.54, 1.807) is 51.9 Å². The Hall–Kier alpha value is -4.64. The van der Waals surface area contributed by atoms with Gasteiger partial charge in [0, 0.05) is 52.7 Å². The molecule has 5 rings (SSSR count). The Balaban J connectivity index is 1.61. The van der Waals surface area contributed by atoms with Crippen molar-refractivity contribution in [3.8, 4) is 28.3 Å². The van der Waals surface area contributed by atoms with Crippen molar-refractivity contribution in [2.75, 3.05) is 0 Å². The van der Waals surface area contributed by atoms with Crippen LogP contribution in [0.15, 0.2) is 95.6 Å². The van der Waals surface area contributed by atoms with E-state index in [9.17, 15) is 10.1 Å². The number of nitro groups is 1. The summed E-state index contributed by atoms with van der Waals surface area (Å²) in [6.07, 6.45) is 6.98. The van der Waals surface area contributed by atoms with E-state index in [0.717, 1.165) is 22.4 Å². The monoisotopic (exact) mass is 510 g/mol. The summed E-state index contributed by atoms with van der Waals surface area (Å²) in [5.41, 5.74) is 3.83. The highest BCUT2D eigenvalue weighted by molar-refractivity contribution is 7.99. The molecule has 0 bridgehead atoms. The molecule has 0 fully saturated rings. The smallest absolute Gasteiger partial charge is 0.265 e. The van der Waals surface area contributed by atoms with E-state index in [1.807, 2.05) is 48.7 Å². The second-order valence-electron chi connectivity index (χ2n) is 8.28. The Kier molecular flexibility index (Phi) is 6.86. The molecule has 0 aliphatic carbocycles. The minimum atomic E-state index is -0.421. The van der Waals surface area contributed by atoms with E-state index in [-0.39, 0.29) is 10.9 Å². The molecule has 0 saturated heterocycles. The number of hydrogen-bond acceptors (Lipinski definition) is 8. The lowest BCUT2D eigenvalue weighted by molar-refractivity contribution is -0.384. The Morgan fingerprint density at radius 1 is 0.973 bits per heavy atom. The molecule has 0 saturated carbocycles. The third-order valence-corrected chi connectivity index (χ3v) is 6.26. The zero-order valence-electron chi connectivity index (χ0n) is 20.0. The molecule has 3 heterocycles. The maximum absolute atomic E-state index is 11.1. The van der Waals surface area contributed by atoms with Crippen LogP contribution >= 0.6 is 11.8 Å². The van der Waals surface area contributed by atoms with E-state index >= 15 is 0 Å². The summed E-state index contributed by atoms with van der Waals surface area (Å²) < 4.78 is 3.47. The number of para-hydroxylation sites is 1. The van der Waals surface area contributed by atoms with Gasteiger partial charge in [-0.3, -0.25) is 15.1 Å². The predicted molar refractivity (Wildman–Crippen MR) is 143 cm³/mol. The van der Waals surface area contributed by atoms with Crippen molar-refractivity contribution >= 4 is 23.7 Å². The highest BCUT2D eigenvalue weighted by Gasteiger charge is 2.17. The van der Waals surface area contributed by atoms with Crippen LogP contribution in [-0.2, 0) is 0 Å². The average Bonchev–Trinajstić information content (AvgIpc) is 3.52. The van der Waals surface area contributed by atoms with Gasteiger partial charge >= 0.3 is 0 Å². The molecule has 11 heteroatoms. The Morgan fingerprint density at radius 2 is 1.70 bits per heavy atom. The molecule has 10 nitrogen and oxygen atoms in total. The first-order valence-corrected chi connectivity index (χ1v) is 12.3. The van der Waals surface area contributed by atoms with E-state index in [4.69, 9.17) is 10.2 Å². The molecule has 37 heavy (non-hydrogen) atoms. The molecule has 0 radical (unpaired) electrons. The summed E-state index contributed by atoms with van der Waals surface area (Å²) in [6, 6.07) is 19.7. The average molecular weight is 511 g/mol. The van der Waals surface area contributed by atoms with Crippen LogP contribution in [0.5, 0.6) is 0 Å². The first-order chi connectivity index (χ1) is 18.0. The zero-order chi connectivity index (χ0) is 25.8. The summed E-state index contributed by atoms with van der Waals surface area (Å²) >= 11 is 1.56. The number of rotatable bonds is 8. The van der Waals surface area contributed by atoms with Gasteiger partial charge in [0.15, 0.2) is 5.82 Å². The fourth-order valence-electron chi connectivity index (χ4n) is 3.61. The SMILES string of the molecule is CC(C)Sc1nnc(-c2ccncc2)n1/N=C/c1cn(-c2ccccc2)nc1-c1ccc([N+](=O)[O-])cc1. The van der Waals surface area contributed by atoms with Gasteiger partial charge in [-0.25, -0.2) is 4.68 Å². The van der Waals surface area contributed by atoms with Gasteiger partial charge in [0.05, 0.1) is 16.8 Å². The fraction of sp³-hybridized carbons (Fsp3) is 0.115. The van der Waals surface area contributed by atoms with E-state index in [0.29, 0.717) is 16.7 Å². The van der Waals surface area contributed by atoms with Crippen molar-refractivity contribution in [2.45, 2.75) is 24.3 Å². The minimum Gasteiger partial charge on any atom is -0.265 e. The first-order valence-electron chi connectivity index (χ1n) is 11.5. The molecule has 0 aliphatic heterocycles. The quantitative estimate of drug-likeness (QED) is 0.117. The Labute approximate surface area is 216 Å². The number of non-ortho nitro benzene ring substituents is 1. The van der Waals surface area contributed by atoms with Crippen LogP contribution in [0.4, 0.5) is 5.69 Å². The topological polar surface area (TPSA) is 117 Å². The van der Waals surface area contributed by atoms with Crippen molar-refractivity contribution in [1.82, 2.24) is 29.6 Å². The summed E-state index contributed by atoms with van der Waals surface area (Å²) in [5.74, 6) is 0.592. The number of aromatic nitrogens is 6. The van der Waals surface area contributed by atoms with Crippen LogP contribution < -0.4 is 0 Å². The number of nitrogens with zero attached hydrogens (tertiary/aromatic N) is 8. The fourth-order valence-corrected chi connectivity index (χ4v) is 4.36. The lowest BCUT2D eigenvalue weighted by atomic mass is 10.1. The lowest BCUT2D eigenvalue weighted by Crippen LogP contribution is -1.99. The van der Waals surface area contributed by atoms with Crippen LogP contribution in [0.25, 0.3) is 28.3 Å². The molecule has 5 aromatic rings. The summed E-state index contributed by atoms with van der Waals surface area (Å²) in [7, 11) is 0. The van der Waals surface area contributed by atoms with Crippen molar-refractivity contribution in [2.24, 2.45) is 5.10 Å². The number of benzene rings is 2. The van der Waals surface area contributed by atoms with Crippen LogP contribution in [-0.4, -0.2) is 46.0 Å². The number of pyridine rings is 1. The van der Waals surface area contributed by atoms with Gasteiger partial charge in [0.25, 0.3) is 5.69 Å². The first kappa shape index (κ1) is 24.1. The van der Waals surface area contributed by atoms with Crippen molar-refractivity contribution in [1.29, 1.82) is 0 Å². The van der Waals surface area contributed by atoms with Gasteiger partial charge < -0.3 is 0 Å². The largest absolute Gasteiger partial charge is 0.269 e. The predicted octanol–water partition coefficient (Wildman–Crippen LogP) is 5.48. The molecule has 0 N–H and O–H groups in total. The molecule has 0 amide bonds. The van der Waals surface area contributed by atoms with Gasteiger partial charge in [0.2, 0.25) is 5.16 Å². The highest BCUT2D eigenvalue weighted by Crippen LogP contribution is 2.28. The molecule has 2 aromatic carbocycles. The minimum absolute atomic E-state index is 0.0169. The molecule has 0 unspecified atom stereocenters. The number of hydrogen-bond donors (Lipinski definition) is 0. The van der Waals surface area contributed by atoms with Crippen LogP contribution in [0.1, 0.15) is 19.4 Å². The molecule has 0 atom stereocenters. The van der Waals surface area contributed by atoms with E-state index in [1.165, 1.54) is 12.1 Å². The molecule has 3 aromatic heterocycles. The third kappa shape index (κ3) is 5.31. The van der Waals surface area contributed by atoms with Crippen molar-refractivity contribution in [3.63, 3.8) is 0 Å². The van der Waals surface area contributed by atoms with Crippen molar-refractivity contribution < 1.29 is 4.92 Å². The maximum Gasteiger partial charge on any atom is 0.269 e. The molecule has 0 aliphatic rings. The summed E-state index contributed by atoms with van der Waals surface area (Å²) in [6.45, 7) is 4.16. The van der Waals surface area contributed by atoms with Crippen LogP contribution in [0.2, 0.25) is 0 Å². The summed E-state index contributed by atoms with van der Waals surface area (Å²) in [4.78, 5) is 14.8. The van der Waals surface area contributed by atoms with Gasteiger partial charge in [-0.2, -0.15) is 14.9 Å². The normalized spacial score (nSPS) is 11.4. The van der Waals surface area contributed by atoms with E-state index < -0.39 is 4.92 Å². The second kappa shape index (κ2) is 10.5. The molecular weight excluding hydrogens is 488 g/mol. The summed E-state index contributed by atoms with van der Waals surface area (Å²) in [5, 5.41) is 30.4. The molecule has 0 spiro atoms.